The zero-order valence-electron chi connectivity index (χ0n) is 12.8. The summed E-state index contributed by atoms with van der Waals surface area (Å²) in [4.78, 5) is 24.0. The van der Waals surface area contributed by atoms with Gasteiger partial charge >= 0.3 is 5.97 Å². The fourth-order valence-electron chi connectivity index (χ4n) is 1.86. The zero-order chi connectivity index (χ0) is 15.8. The van der Waals surface area contributed by atoms with E-state index in [1.54, 1.807) is 6.92 Å². The van der Waals surface area contributed by atoms with E-state index >= 15 is 0 Å². The smallest absolute Gasteiger partial charge is 0.328 e. The number of esters is 1. The van der Waals surface area contributed by atoms with E-state index < -0.39 is 18.1 Å². The van der Waals surface area contributed by atoms with E-state index in [0.717, 1.165) is 5.56 Å². The molecule has 0 aliphatic carbocycles. The summed E-state index contributed by atoms with van der Waals surface area (Å²) in [6.07, 6.45) is 0.385. The highest BCUT2D eigenvalue weighted by atomic mass is 16.5. The van der Waals surface area contributed by atoms with E-state index in [1.807, 2.05) is 44.2 Å². The molecule has 0 bridgehead atoms. The summed E-state index contributed by atoms with van der Waals surface area (Å²) in [6, 6.07) is 8.12. The minimum atomic E-state index is -0.718. The number of carbonyl (C=O) groups is 2. The van der Waals surface area contributed by atoms with E-state index in [0.29, 0.717) is 6.42 Å². The quantitative estimate of drug-likeness (QED) is 0.741. The number of amides is 1. The molecule has 21 heavy (non-hydrogen) atoms. The third-order valence-electron chi connectivity index (χ3n) is 3.19. The van der Waals surface area contributed by atoms with Gasteiger partial charge in [0.15, 0.2) is 0 Å². The van der Waals surface area contributed by atoms with Gasteiger partial charge in [-0.25, -0.2) is 4.79 Å². The van der Waals surface area contributed by atoms with Crippen LogP contribution >= 0.6 is 0 Å². The molecule has 1 aromatic rings. The summed E-state index contributed by atoms with van der Waals surface area (Å²) in [5.41, 5.74) is 6.76. The van der Waals surface area contributed by atoms with Crippen LogP contribution in [0, 0.1) is 5.92 Å². The Morgan fingerprint density at radius 1 is 1.24 bits per heavy atom. The summed E-state index contributed by atoms with van der Waals surface area (Å²) >= 11 is 0. The maximum absolute atomic E-state index is 12.0. The summed E-state index contributed by atoms with van der Waals surface area (Å²) in [5, 5.41) is 2.69. The number of nitrogens with one attached hydrogen (secondary N) is 1. The lowest BCUT2D eigenvalue weighted by molar-refractivity contribution is -0.147. The van der Waals surface area contributed by atoms with Crippen LogP contribution in [0.4, 0.5) is 0 Å². The van der Waals surface area contributed by atoms with Gasteiger partial charge in [0, 0.05) is 6.42 Å². The largest absolute Gasteiger partial charge is 0.464 e. The highest BCUT2D eigenvalue weighted by Gasteiger charge is 2.26. The Hall–Kier alpha value is -1.88. The van der Waals surface area contributed by atoms with Crippen LogP contribution in [-0.2, 0) is 20.7 Å². The maximum Gasteiger partial charge on any atom is 0.328 e. The molecule has 0 heterocycles. The highest BCUT2D eigenvalue weighted by molar-refractivity contribution is 5.87. The van der Waals surface area contributed by atoms with Crippen LogP contribution in [0.3, 0.4) is 0 Å². The average Bonchev–Trinajstić information content (AvgIpc) is 2.46. The molecule has 0 saturated heterocycles. The number of hydrogen-bond donors (Lipinski definition) is 2. The molecular formula is C16H24N2O3. The van der Waals surface area contributed by atoms with Crippen LogP contribution in [0.5, 0.6) is 0 Å². The lowest BCUT2D eigenvalue weighted by Crippen LogP contribution is -2.51. The van der Waals surface area contributed by atoms with Crippen molar-refractivity contribution < 1.29 is 14.3 Å². The molecule has 5 nitrogen and oxygen atoms in total. The predicted molar refractivity (Wildman–Crippen MR) is 81.5 cm³/mol. The summed E-state index contributed by atoms with van der Waals surface area (Å²) in [6.45, 7) is 5.73. The van der Waals surface area contributed by atoms with Crippen LogP contribution in [-0.4, -0.2) is 30.6 Å². The van der Waals surface area contributed by atoms with Gasteiger partial charge in [-0.2, -0.15) is 0 Å². The molecular weight excluding hydrogens is 268 g/mol. The fourth-order valence-corrected chi connectivity index (χ4v) is 1.86. The van der Waals surface area contributed by atoms with Gasteiger partial charge < -0.3 is 15.8 Å². The SMILES string of the molecule is CCOC(=O)[C@H](Cc1ccccc1)NC(=O)[C@@H](N)C(C)C. The van der Waals surface area contributed by atoms with Gasteiger partial charge in [-0.15, -0.1) is 0 Å². The van der Waals surface area contributed by atoms with Gasteiger partial charge in [0.1, 0.15) is 6.04 Å². The van der Waals surface area contributed by atoms with Crippen LogP contribution in [0.15, 0.2) is 30.3 Å². The first-order valence-electron chi connectivity index (χ1n) is 7.22. The molecule has 0 spiro atoms. The predicted octanol–water partition coefficient (Wildman–Crippen LogP) is 1.26. The fraction of sp³-hybridized carbons (Fsp3) is 0.500. The third kappa shape index (κ3) is 5.55. The van der Waals surface area contributed by atoms with Gasteiger partial charge in [-0.3, -0.25) is 4.79 Å². The molecule has 0 aliphatic heterocycles. The molecule has 1 aromatic carbocycles. The normalized spacial score (nSPS) is 13.6. The van der Waals surface area contributed by atoms with Gasteiger partial charge in [0.05, 0.1) is 12.6 Å². The van der Waals surface area contributed by atoms with Crippen molar-refractivity contribution in [3.05, 3.63) is 35.9 Å². The van der Waals surface area contributed by atoms with Crippen LogP contribution < -0.4 is 11.1 Å². The van der Waals surface area contributed by atoms with Gasteiger partial charge in [-0.05, 0) is 18.4 Å². The highest BCUT2D eigenvalue weighted by Crippen LogP contribution is 2.06. The number of benzene rings is 1. The van der Waals surface area contributed by atoms with Crippen molar-refractivity contribution in [2.75, 3.05) is 6.61 Å². The second kappa shape index (κ2) is 8.42. The summed E-state index contributed by atoms with van der Waals surface area (Å²) in [7, 11) is 0. The lowest BCUT2D eigenvalue weighted by atomic mass is 10.0. The molecule has 0 radical (unpaired) electrons. The number of ether oxygens (including phenoxy) is 1. The van der Waals surface area contributed by atoms with Crippen molar-refractivity contribution >= 4 is 11.9 Å². The third-order valence-corrected chi connectivity index (χ3v) is 3.19. The van der Waals surface area contributed by atoms with Gasteiger partial charge in [0.25, 0.3) is 0 Å². The Kier molecular flexibility index (Phi) is 6.88. The number of hydrogen-bond acceptors (Lipinski definition) is 4. The van der Waals surface area contributed by atoms with E-state index in [-0.39, 0.29) is 18.4 Å². The van der Waals surface area contributed by atoms with Crippen molar-refractivity contribution in [1.29, 1.82) is 0 Å². The van der Waals surface area contributed by atoms with Crippen molar-refractivity contribution in [1.82, 2.24) is 5.32 Å². The number of nitrogens with two attached hydrogens (primary N) is 1. The molecule has 5 heteroatoms. The first-order valence-corrected chi connectivity index (χ1v) is 7.22. The number of rotatable bonds is 7. The molecule has 0 aromatic heterocycles. The average molecular weight is 292 g/mol. The van der Waals surface area contributed by atoms with Gasteiger partial charge in [-0.1, -0.05) is 44.2 Å². The molecule has 1 amide bonds. The Morgan fingerprint density at radius 2 is 1.86 bits per heavy atom. The van der Waals surface area contributed by atoms with E-state index in [1.165, 1.54) is 0 Å². The first-order chi connectivity index (χ1) is 9.95. The van der Waals surface area contributed by atoms with Crippen LogP contribution in [0.2, 0.25) is 0 Å². The molecule has 0 unspecified atom stereocenters. The van der Waals surface area contributed by atoms with E-state index in [9.17, 15) is 9.59 Å². The van der Waals surface area contributed by atoms with E-state index in [4.69, 9.17) is 10.5 Å². The molecule has 0 saturated carbocycles. The van der Waals surface area contributed by atoms with E-state index in [2.05, 4.69) is 5.32 Å². The lowest BCUT2D eigenvalue weighted by Gasteiger charge is -2.21. The van der Waals surface area contributed by atoms with Crippen molar-refractivity contribution in [3.8, 4) is 0 Å². The monoisotopic (exact) mass is 292 g/mol. The molecule has 1 rings (SSSR count). The van der Waals surface area contributed by atoms with Crippen LogP contribution in [0.1, 0.15) is 26.3 Å². The molecule has 3 N–H and O–H groups in total. The molecule has 0 aliphatic rings. The summed E-state index contributed by atoms with van der Waals surface area (Å²) in [5.74, 6) is -0.769. The Balaban J connectivity index is 2.78. The topological polar surface area (TPSA) is 81.4 Å². The zero-order valence-corrected chi connectivity index (χ0v) is 12.8. The Bertz CT molecular complexity index is 460. The minimum Gasteiger partial charge on any atom is -0.464 e. The van der Waals surface area contributed by atoms with Gasteiger partial charge in [0.2, 0.25) is 5.91 Å². The molecule has 116 valence electrons. The Morgan fingerprint density at radius 3 is 2.38 bits per heavy atom. The Labute approximate surface area is 125 Å². The first kappa shape index (κ1) is 17.2. The standard InChI is InChI=1S/C16H24N2O3/c1-4-21-16(20)13(10-12-8-6-5-7-9-12)18-15(19)14(17)11(2)3/h5-9,11,13-14H,4,10,17H2,1-3H3,(H,18,19)/t13-,14-/m0/s1. The van der Waals surface area contributed by atoms with Crippen molar-refractivity contribution in [2.24, 2.45) is 11.7 Å². The molecule has 0 fully saturated rings. The maximum atomic E-state index is 12.0. The van der Waals surface area contributed by atoms with Crippen molar-refractivity contribution in [2.45, 2.75) is 39.3 Å². The summed E-state index contributed by atoms with van der Waals surface area (Å²) < 4.78 is 5.02. The van der Waals surface area contributed by atoms with Crippen LogP contribution in [0.25, 0.3) is 0 Å². The minimum absolute atomic E-state index is 0.00423. The second-order valence-electron chi connectivity index (χ2n) is 5.27. The van der Waals surface area contributed by atoms with Crippen molar-refractivity contribution in [3.63, 3.8) is 0 Å². The number of carbonyl (C=O) groups excluding carboxylic acids is 2. The molecule has 2 atom stereocenters. The second-order valence-corrected chi connectivity index (χ2v) is 5.27.